The van der Waals surface area contributed by atoms with Crippen LogP contribution in [0.5, 0.6) is 0 Å². The quantitative estimate of drug-likeness (QED) is 0.919. The van der Waals surface area contributed by atoms with Crippen LogP contribution in [0.2, 0.25) is 0 Å². The van der Waals surface area contributed by atoms with Gasteiger partial charge in [-0.15, -0.1) is 0 Å². The monoisotopic (exact) mass is 298 g/mol. The standard InChI is InChI=1S/C19H26N2O/c1-13(2)16-10-9-14(3)17-18(15-7-5-4-6-8-15)20-21(11-12-22)19(16)17/h4-8,13-14,16,22H,9-12H2,1-3H3/t14-,16+/m1/s1. The molecule has 3 nitrogen and oxygen atoms in total. The third kappa shape index (κ3) is 2.58. The molecular weight excluding hydrogens is 272 g/mol. The molecule has 0 fully saturated rings. The number of nitrogens with zero attached hydrogens (tertiary/aromatic N) is 2. The SMILES string of the molecule is CC(C)[C@@H]1CC[C@@H](C)c2c(-c3ccccc3)nn(CCO)c21. The molecule has 0 unspecified atom stereocenters. The molecule has 118 valence electrons. The lowest BCUT2D eigenvalue weighted by Crippen LogP contribution is -2.21. The first-order valence-corrected chi connectivity index (χ1v) is 8.40. The van der Waals surface area contributed by atoms with E-state index < -0.39 is 0 Å². The van der Waals surface area contributed by atoms with E-state index in [1.54, 1.807) is 0 Å². The molecule has 1 heterocycles. The summed E-state index contributed by atoms with van der Waals surface area (Å²) in [7, 11) is 0. The highest BCUT2D eigenvalue weighted by Gasteiger charge is 2.33. The van der Waals surface area contributed by atoms with E-state index in [4.69, 9.17) is 5.10 Å². The molecule has 3 heteroatoms. The zero-order valence-electron chi connectivity index (χ0n) is 13.8. The fourth-order valence-electron chi connectivity index (χ4n) is 3.80. The normalized spacial score (nSPS) is 21.1. The average Bonchev–Trinajstić information content (AvgIpc) is 2.89. The third-order valence-electron chi connectivity index (χ3n) is 4.95. The van der Waals surface area contributed by atoms with E-state index >= 15 is 0 Å². The summed E-state index contributed by atoms with van der Waals surface area (Å²) in [5, 5.41) is 14.3. The molecule has 0 spiro atoms. The van der Waals surface area contributed by atoms with Crippen molar-refractivity contribution in [1.82, 2.24) is 9.78 Å². The summed E-state index contributed by atoms with van der Waals surface area (Å²) >= 11 is 0. The fourth-order valence-corrected chi connectivity index (χ4v) is 3.80. The summed E-state index contributed by atoms with van der Waals surface area (Å²) in [5.74, 6) is 1.68. The first-order valence-electron chi connectivity index (χ1n) is 8.40. The summed E-state index contributed by atoms with van der Waals surface area (Å²) < 4.78 is 2.07. The second kappa shape index (κ2) is 6.25. The second-order valence-corrected chi connectivity index (χ2v) is 6.79. The summed E-state index contributed by atoms with van der Waals surface area (Å²) in [5.41, 5.74) is 5.07. The molecule has 2 atom stereocenters. The van der Waals surface area contributed by atoms with Gasteiger partial charge in [0.05, 0.1) is 18.8 Å². The molecule has 0 amide bonds. The van der Waals surface area contributed by atoms with Crippen molar-refractivity contribution in [3.8, 4) is 11.3 Å². The highest BCUT2D eigenvalue weighted by Crippen LogP contribution is 2.46. The highest BCUT2D eigenvalue weighted by atomic mass is 16.3. The maximum Gasteiger partial charge on any atom is 0.0960 e. The Morgan fingerprint density at radius 1 is 1.23 bits per heavy atom. The first-order chi connectivity index (χ1) is 10.6. The van der Waals surface area contributed by atoms with Gasteiger partial charge in [0.25, 0.3) is 0 Å². The van der Waals surface area contributed by atoms with E-state index in [0.717, 1.165) is 5.69 Å². The molecule has 1 aliphatic rings. The maximum absolute atomic E-state index is 9.43. The number of rotatable bonds is 4. The molecular formula is C19H26N2O. The summed E-state index contributed by atoms with van der Waals surface area (Å²) in [6.45, 7) is 7.63. The van der Waals surface area contributed by atoms with Crippen LogP contribution in [0.15, 0.2) is 30.3 Å². The Labute approximate surface area is 133 Å². The lowest BCUT2D eigenvalue weighted by atomic mass is 9.75. The molecule has 1 aliphatic carbocycles. The predicted molar refractivity (Wildman–Crippen MR) is 90.0 cm³/mol. The van der Waals surface area contributed by atoms with Gasteiger partial charge < -0.3 is 5.11 Å². The van der Waals surface area contributed by atoms with Crippen LogP contribution in [0, 0.1) is 5.92 Å². The van der Waals surface area contributed by atoms with Crippen molar-refractivity contribution in [2.75, 3.05) is 6.61 Å². The Bertz CT molecular complexity index is 630. The van der Waals surface area contributed by atoms with Crippen LogP contribution >= 0.6 is 0 Å². The maximum atomic E-state index is 9.43. The van der Waals surface area contributed by atoms with Crippen LogP contribution in [-0.2, 0) is 6.54 Å². The van der Waals surface area contributed by atoms with Crippen molar-refractivity contribution in [3.05, 3.63) is 41.6 Å². The molecule has 2 aromatic rings. The zero-order valence-corrected chi connectivity index (χ0v) is 13.8. The Morgan fingerprint density at radius 3 is 2.59 bits per heavy atom. The van der Waals surface area contributed by atoms with Crippen LogP contribution in [0.1, 0.15) is 56.7 Å². The number of aromatic nitrogens is 2. The zero-order chi connectivity index (χ0) is 15.7. The number of benzene rings is 1. The van der Waals surface area contributed by atoms with E-state index in [9.17, 15) is 5.11 Å². The predicted octanol–water partition coefficient (Wildman–Crippen LogP) is 4.18. The van der Waals surface area contributed by atoms with Crippen LogP contribution in [-0.4, -0.2) is 21.5 Å². The fraction of sp³-hybridized carbons (Fsp3) is 0.526. The number of aliphatic hydroxyl groups is 1. The molecule has 0 saturated heterocycles. The third-order valence-corrected chi connectivity index (χ3v) is 4.95. The van der Waals surface area contributed by atoms with Crippen molar-refractivity contribution in [2.45, 2.75) is 52.0 Å². The van der Waals surface area contributed by atoms with Gasteiger partial charge in [0.15, 0.2) is 0 Å². The number of hydrogen-bond acceptors (Lipinski definition) is 2. The van der Waals surface area contributed by atoms with E-state index in [1.165, 1.54) is 29.7 Å². The molecule has 22 heavy (non-hydrogen) atoms. The lowest BCUT2D eigenvalue weighted by molar-refractivity contribution is 0.261. The molecule has 1 N–H and O–H groups in total. The van der Waals surface area contributed by atoms with Crippen molar-refractivity contribution in [3.63, 3.8) is 0 Å². The molecule has 0 saturated carbocycles. The van der Waals surface area contributed by atoms with E-state index in [2.05, 4.69) is 49.7 Å². The van der Waals surface area contributed by atoms with Gasteiger partial charge in [-0.1, -0.05) is 51.1 Å². The minimum absolute atomic E-state index is 0.140. The smallest absolute Gasteiger partial charge is 0.0960 e. The Kier molecular flexibility index (Phi) is 4.34. The number of aliphatic hydroxyl groups excluding tert-OH is 1. The van der Waals surface area contributed by atoms with Gasteiger partial charge in [-0.3, -0.25) is 4.68 Å². The van der Waals surface area contributed by atoms with Crippen molar-refractivity contribution in [2.24, 2.45) is 5.92 Å². The lowest BCUT2D eigenvalue weighted by Gasteiger charge is -2.31. The Balaban J connectivity index is 2.19. The van der Waals surface area contributed by atoms with Gasteiger partial charge in [0, 0.05) is 22.7 Å². The van der Waals surface area contributed by atoms with Gasteiger partial charge in [-0.05, 0) is 24.7 Å². The minimum atomic E-state index is 0.140. The van der Waals surface area contributed by atoms with Gasteiger partial charge in [-0.25, -0.2) is 0 Å². The van der Waals surface area contributed by atoms with Gasteiger partial charge in [0.1, 0.15) is 0 Å². The molecule has 3 rings (SSSR count). The molecule has 1 aromatic heterocycles. The van der Waals surface area contributed by atoms with Gasteiger partial charge in [-0.2, -0.15) is 5.10 Å². The van der Waals surface area contributed by atoms with Gasteiger partial charge >= 0.3 is 0 Å². The second-order valence-electron chi connectivity index (χ2n) is 6.79. The van der Waals surface area contributed by atoms with E-state index in [0.29, 0.717) is 24.3 Å². The van der Waals surface area contributed by atoms with Crippen LogP contribution < -0.4 is 0 Å². The number of fused-ring (bicyclic) bond motifs is 1. The first kappa shape index (κ1) is 15.3. The van der Waals surface area contributed by atoms with Crippen LogP contribution in [0.25, 0.3) is 11.3 Å². The summed E-state index contributed by atoms with van der Waals surface area (Å²) in [6.07, 6.45) is 2.44. The van der Waals surface area contributed by atoms with Crippen LogP contribution in [0.3, 0.4) is 0 Å². The Morgan fingerprint density at radius 2 is 1.95 bits per heavy atom. The van der Waals surface area contributed by atoms with Crippen LogP contribution in [0.4, 0.5) is 0 Å². The molecule has 0 aliphatic heterocycles. The van der Waals surface area contributed by atoms with E-state index in [-0.39, 0.29) is 6.61 Å². The molecule has 0 bridgehead atoms. The topological polar surface area (TPSA) is 38.0 Å². The summed E-state index contributed by atoms with van der Waals surface area (Å²) in [4.78, 5) is 0. The van der Waals surface area contributed by atoms with Crippen molar-refractivity contribution < 1.29 is 5.11 Å². The minimum Gasteiger partial charge on any atom is -0.394 e. The summed E-state index contributed by atoms with van der Waals surface area (Å²) in [6, 6.07) is 10.5. The highest BCUT2D eigenvalue weighted by molar-refractivity contribution is 5.65. The molecule has 0 radical (unpaired) electrons. The Hall–Kier alpha value is -1.61. The van der Waals surface area contributed by atoms with E-state index in [1.807, 2.05) is 6.07 Å². The average molecular weight is 298 g/mol. The largest absolute Gasteiger partial charge is 0.394 e. The van der Waals surface area contributed by atoms with Crippen molar-refractivity contribution in [1.29, 1.82) is 0 Å². The van der Waals surface area contributed by atoms with Gasteiger partial charge in [0.2, 0.25) is 0 Å². The number of hydrogen-bond donors (Lipinski definition) is 1. The van der Waals surface area contributed by atoms with Crippen molar-refractivity contribution >= 4 is 0 Å². The molecule has 1 aromatic carbocycles.